The quantitative estimate of drug-likeness (QED) is 0.780. The Bertz CT molecular complexity index is 769. The number of nitrogens with one attached hydrogen (secondary N) is 1. The van der Waals surface area contributed by atoms with Crippen molar-refractivity contribution in [3.63, 3.8) is 0 Å². The van der Waals surface area contributed by atoms with E-state index < -0.39 is 12.1 Å². The van der Waals surface area contributed by atoms with E-state index in [4.69, 9.17) is 14.6 Å². The van der Waals surface area contributed by atoms with Crippen molar-refractivity contribution >= 4 is 17.9 Å². The normalized spacial score (nSPS) is 16.6. The van der Waals surface area contributed by atoms with Gasteiger partial charge in [0.25, 0.3) is 0 Å². The number of carbonyl (C=O) groups excluding carboxylic acids is 1. The van der Waals surface area contributed by atoms with Crippen LogP contribution < -0.4 is 10.2 Å². The van der Waals surface area contributed by atoms with E-state index in [1.165, 1.54) is 12.4 Å². The summed E-state index contributed by atoms with van der Waals surface area (Å²) in [4.78, 5) is 32.6. The Morgan fingerprint density at radius 2 is 2.07 bits per heavy atom. The molecular weight excluding hydrogens is 352 g/mol. The van der Waals surface area contributed by atoms with Gasteiger partial charge in [0.05, 0.1) is 25.1 Å². The number of carbonyl (C=O) groups is 2. The molecule has 1 aliphatic rings. The summed E-state index contributed by atoms with van der Waals surface area (Å²) in [5.74, 6) is -0.549. The number of hydrogen-bond acceptors (Lipinski definition) is 7. The fraction of sp³-hybridized carbons (Fsp3) is 0.333. The van der Waals surface area contributed by atoms with Gasteiger partial charge in [0.2, 0.25) is 0 Å². The van der Waals surface area contributed by atoms with Gasteiger partial charge in [-0.1, -0.05) is 30.3 Å². The summed E-state index contributed by atoms with van der Waals surface area (Å²) in [5.41, 5.74) is 0.808. The lowest BCUT2D eigenvalue weighted by molar-refractivity contribution is 0.0390. The van der Waals surface area contributed by atoms with Crippen molar-refractivity contribution in [1.29, 1.82) is 0 Å². The molecule has 1 atom stereocenters. The lowest BCUT2D eigenvalue weighted by Crippen LogP contribution is -2.48. The van der Waals surface area contributed by atoms with Crippen molar-refractivity contribution in [3.05, 3.63) is 54.0 Å². The number of benzene rings is 1. The first kappa shape index (κ1) is 18.6. The number of carboxylic acids is 1. The van der Waals surface area contributed by atoms with Crippen molar-refractivity contribution < 1.29 is 24.2 Å². The number of nitrogens with zero attached hydrogens (tertiary/aromatic N) is 3. The molecule has 0 spiro atoms. The van der Waals surface area contributed by atoms with Gasteiger partial charge in [-0.25, -0.2) is 19.6 Å². The van der Waals surface area contributed by atoms with Gasteiger partial charge in [-0.3, -0.25) is 0 Å². The Morgan fingerprint density at radius 1 is 1.26 bits per heavy atom. The van der Waals surface area contributed by atoms with E-state index in [9.17, 15) is 9.59 Å². The second-order valence-corrected chi connectivity index (χ2v) is 5.95. The number of carboxylic acid groups (broad SMARTS) is 1. The van der Waals surface area contributed by atoms with Crippen LogP contribution in [0.3, 0.4) is 0 Å². The van der Waals surface area contributed by atoms with Gasteiger partial charge >= 0.3 is 12.1 Å². The zero-order valence-electron chi connectivity index (χ0n) is 14.6. The number of anilines is 1. The molecule has 2 aromatic rings. The lowest BCUT2D eigenvalue weighted by atomic mass is 10.2. The van der Waals surface area contributed by atoms with Crippen LogP contribution >= 0.6 is 0 Å². The Kier molecular flexibility index (Phi) is 6.16. The molecule has 1 amide bonds. The minimum atomic E-state index is -1.12. The largest absolute Gasteiger partial charge is 0.476 e. The standard InChI is InChI=1S/C18H20N4O5/c23-17(24)15-9-20-16(10-19-15)22-6-7-26-14(11-22)8-21-18(25)27-12-13-4-2-1-3-5-13/h1-5,9-10,14H,6-8,11-12H2,(H,21,25)(H,23,24). The predicted octanol–water partition coefficient (Wildman–Crippen LogP) is 1.31. The second-order valence-electron chi connectivity index (χ2n) is 5.95. The molecular formula is C18H20N4O5. The van der Waals surface area contributed by atoms with Gasteiger partial charge < -0.3 is 24.8 Å². The zero-order valence-corrected chi connectivity index (χ0v) is 14.6. The predicted molar refractivity (Wildman–Crippen MR) is 95.6 cm³/mol. The molecule has 1 unspecified atom stereocenters. The molecule has 2 heterocycles. The molecule has 0 saturated carbocycles. The fourth-order valence-corrected chi connectivity index (χ4v) is 2.62. The van der Waals surface area contributed by atoms with Crippen molar-refractivity contribution in [2.75, 3.05) is 31.1 Å². The van der Waals surface area contributed by atoms with Crippen LogP contribution in [0.15, 0.2) is 42.7 Å². The highest BCUT2D eigenvalue weighted by Gasteiger charge is 2.22. The number of aromatic nitrogens is 2. The lowest BCUT2D eigenvalue weighted by Gasteiger charge is -2.33. The molecule has 1 aliphatic heterocycles. The summed E-state index contributed by atoms with van der Waals surface area (Å²) in [6.07, 6.45) is 1.91. The van der Waals surface area contributed by atoms with Crippen molar-refractivity contribution in [2.24, 2.45) is 0 Å². The average Bonchev–Trinajstić information content (AvgIpc) is 2.72. The van der Waals surface area contributed by atoms with Gasteiger partial charge in [0.1, 0.15) is 12.4 Å². The number of rotatable bonds is 6. The van der Waals surface area contributed by atoms with Gasteiger partial charge in [0.15, 0.2) is 5.69 Å². The summed E-state index contributed by atoms with van der Waals surface area (Å²) < 4.78 is 10.8. The summed E-state index contributed by atoms with van der Waals surface area (Å²) in [6.45, 7) is 2.07. The topological polar surface area (TPSA) is 114 Å². The van der Waals surface area contributed by atoms with E-state index in [0.717, 1.165) is 5.56 Å². The van der Waals surface area contributed by atoms with Crippen LogP contribution in [0.4, 0.5) is 10.6 Å². The van der Waals surface area contributed by atoms with E-state index >= 15 is 0 Å². The Labute approximate surface area is 155 Å². The van der Waals surface area contributed by atoms with E-state index in [1.807, 2.05) is 35.2 Å². The molecule has 2 N–H and O–H groups in total. The monoisotopic (exact) mass is 372 g/mol. The summed E-state index contributed by atoms with van der Waals surface area (Å²) in [7, 11) is 0. The maximum absolute atomic E-state index is 11.8. The minimum absolute atomic E-state index is 0.105. The summed E-state index contributed by atoms with van der Waals surface area (Å²) >= 11 is 0. The van der Waals surface area contributed by atoms with Crippen LogP contribution in [0.1, 0.15) is 16.1 Å². The number of hydrogen-bond donors (Lipinski definition) is 2. The second kappa shape index (κ2) is 8.95. The van der Waals surface area contributed by atoms with Crippen molar-refractivity contribution in [2.45, 2.75) is 12.7 Å². The van der Waals surface area contributed by atoms with E-state index in [-0.39, 0.29) is 18.4 Å². The van der Waals surface area contributed by atoms with E-state index in [2.05, 4.69) is 15.3 Å². The molecule has 1 fully saturated rings. The highest BCUT2D eigenvalue weighted by Crippen LogP contribution is 2.14. The highest BCUT2D eigenvalue weighted by molar-refractivity contribution is 5.84. The maximum atomic E-state index is 11.8. The first-order chi connectivity index (χ1) is 13.1. The van der Waals surface area contributed by atoms with Crippen LogP contribution in [-0.4, -0.2) is 59.5 Å². The van der Waals surface area contributed by atoms with Gasteiger partial charge in [0, 0.05) is 19.6 Å². The number of aromatic carboxylic acids is 1. The minimum Gasteiger partial charge on any atom is -0.476 e. The Balaban J connectivity index is 1.45. The molecule has 1 aromatic heterocycles. The van der Waals surface area contributed by atoms with Crippen LogP contribution in [-0.2, 0) is 16.1 Å². The molecule has 9 heteroatoms. The number of amides is 1. The molecule has 142 valence electrons. The van der Waals surface area contributed by atoms with Crippen LogP contribution in [0.25, 0.3) is 0 Å². The smallest absolute Gasteiger partial charge is 0.407 e. The van der Waals surface area contributed by atoms with Crippen LogP contribution in [0, 0.1) is 0 Å². The number of morpholine rings is 1. The molecule has 9 nitrogen and oxygen atoms in total. The van der Waals surface area contributed by atoms with E-state index in [0.29, 0.717) is 32.1 Å². The molecule has 1 saturated heterocycles. The molecule has 0 bridgehead atoms. The summed E-state index contributed by atoms with van der Waals surface area (Å²) in [6, 6.07) is 9.42. The molecule has 0 aliphatic carbocycles. The third kappa shape index (κ3) is 5.38. The number of alkyl carbamates (subject to hydrolysis) is 1. The van der Waals surface area contributed by atoms with Crippen LogP contribution in [0.2, 0.25) is 0 Å². The Morgan fingerprint density at radius 3 is 2.78 bits per heavy atom. The summed E-state index contributed by atoms with van der Waals surface area (Å²) in [5, 5.41) is 11.6. The molecule has 3 rings (SSSR count). The van der Waals surface area contributed by atoms with Gasteiger partial charge in [-0.2, -0.15) is 0 Å². The van der Waals surface area contributed by atoms with Crippen molar-refractivity contribution in [1.82, 2.24) is 15.3 Å². The molecule has 27 heavy (non-hydrogen) atoms. The average molecular weight is 372 g/mol. The third-order valence-electron chi connectivity index (χ3n) is 4.01. The zero-order chi connectivity index (χ0) is 19.1. The first-order valence-electron chi connectivity index (χ1n) is 8.48. The first-order valence-corrected chi connectivity index (χ1v) is 8.48. The van der Waals surface area contributed by atoms with Gasteiger partial charge in [-0.05, 0) is 5.56 Å². The Hall–Kier alpha value is -3.20. The maximum Gasteiger partial charge on any atom is 0.407 e. The molecule has 0 radical (unpaired) electrons. The van der Waals surface area contributed by atoms with Crippen LogP contribution in [0.5, 0.6) is 0 Å². The SMILES string of the molecule is O=C(NCC1CN(c2cnc(C(=O)O)cn2)CCO1)OCc1ccccc1. The van der Waals surface area contributed by atoms with E-state index in [1.54, 1.807) is 0 Å². The van der Waals surface area contributed by atoms with Gasteiger partial charge in [-0.15, -0.1) is 0 Å². The third-order valence-corrected chi connectivity index (χ3v) is 4.01. The highest BCUT2D eigenvalue weighted by atomic mass is 16.5. The molecule has 1 aromatic carbocycles. The van der Waals surface area contributed by atoms with Crippen molar-refractivity contribution in [3.8, 4) is 0 Å². The fourth-order valence-electron chi connectivity index (χ4n) is 2.62. The number of ether oxygens (including phenoxy) is 2.